The van der Waals surface area contributed by atoms with Gasteiger partial charge in [0.25, 0.3) is 0 Å². The fraction of sp³-hybridized carbons (Fsp3) is 0.692. The first kappa shape index (κ1) is 27.2. The van der Waals surface area contributed by atoms with Gasteiger partial charge in [-0.15, -0.1) is 0 Å². The van der Waals surface area contributed by atoms with Crippen molar-refractivity contribution in [3.8, 4) is 11.6 Å². The molecule has 0 N–H and O–H groups in total. The molecule has 0 heterocycles. The van der Waals surface area contributed by atoms with Gasteiger partial charge in [-0.1, -0.05) is 19.3 Å². The van der Waals surface area contributed by atoms with E-state index < -0.39 is 41.9 Å². The van der Waals surface area contributed by atoms with Crippen LogP contribution in [-0.4, -0.2) is 17.0 Å². The Kier molecular flexibility index (Phi) is 9.91. The minimum atomic E-state index is -2.11. The second-order valence-electron chi connectivity index (χ2n) is 9.89. The zero-order chi connectivity index (χ0) is 22.7. The second-order valence-corrected chi connectivity index (χ2v) is 14.0. The van der Waals surface area contributed by atoms with Crippen LogP contribution in [0, 0.1) is 40.7 Å². The molecule has 4 rings (SSSR count). The molecule has 0 nitrogen and oxygen atoms in total. The van der Waals surface area contributed by atoms with E-state index in [9.17, 15) is 22.0 Å². The first-order valence-corrected chi connectivity index (χ1v) is 14.4. The van der Waals surface area contributed by atoms with Crippen LogP contribution in [0.5, 0.6) is 0 Å². The summed E-state index contributed by atoms with van der Waals surface area (Å²) in [6, 6.07) is 0. The van der Waals surface area contributed by atoms with Crippen molar-refractivity contribution in [2.24, 2.45) is 0 Å². The molecule has 1 aromatic carbocycles. The van der Waals surface area contributed by atoms with Crippen LogP contribution in [0.1, 0.15) is 102 Å². The minimum absolute atomic E-state index is 0. The van der Waals surface area contributed by atoms with Crippen LogP contribution in [0.4, 0.5) is 22.0 Å². The van der Waals surface area contributed by atoms with Gasteiger partial charge in [0.15, 0.2) is 23.3 Å². The van der Waals surface area contributed by atoms with Gasteiger partial charge in [0, 0.05) is 22.4 Å². The Labute approximate surface area is 210 Å². The van der Waals surface area contributed by atoms with Crippen LogP contribution in [0.25, 0.3) is 0 Å². The fourth-order valence-electron chi connectivity index (χ4n) is 6.56. The van der Waals surface area contributed by atoms with Crippen LogP contribution < -0.4 is 0 Å². The molecule has 187 valence electrons. The molecule has 3 aliphatic rings. The maximum Gasteiger partial charge on any atom is 0.200 e. The quantitative estimate of drug-likeness (QED) is 0.0756. The van der Waals surface area contributed by atoms with Crippen molar-refractivity contribution in [2.45, 2.75) is 113 Å². The molecular weight excluding hydrogens is 635 g/mol. The Bertz CT molecular complexity index is 800. The van der Waals surface area contributed by atoms with E-state index in [2.05, 4.69) is 11.6 Å². The van der Waals surface area contributed by atoms with Gasteiger partial charge in [0.05, 0.1) is 22.6 Å². The molecule has 0 spiro atoms. The van der Waals surface area contributed by atoms with E-state index in [1.807, 2.05) is 0 Å². The van der Waals surface area contributed by atoms with E-state index in [1.165, 1.54) is 19.3 Å². The number of rotatable bonds is 3. The Balaban J connectivity index is 0.00000306. The zero-order valence-corrected chi connectivity index (χ0v) is 22.0. The predicted molar refractivity (Wildman–Crippen MR) is 121 cm³/mol. The molecule has 33 heavy (non-hydrogen) atoms. The summed E-state index contributed by atoms with van der Waals surface area (Å²) < 4.78 is 70.3. The van der Waals surface area contributed by atoms with Gasteiger partial charge in [-0.25, -0.2) is 22.0 Å². The summed E-state index contributed by atoms with van der Waals surface area (Å²) in [5.74, 6) is -6.86. The van der Waals surface area contributed by atoms with Crippen LogP contribution in [0.2, 0.25) is 0 Å². The maximum absolute atomic E-state index is 14.5. The van der Waals surface area contributed by atoms with Gasteiger partial charge < -0.3 is 0 Å². The molecule has 0 bridgehead atoms. The monoisotopic (exact) mass is 668 g/mol. The molecule has 3 fully saturated rings. The topological polar surface area (TPSA) is 0 Å². The Morgan fingerprint density at radius 1 is 0.485 bits per heavy atom. The second kappa shape index (κ2) is 12.0. The van der Waals surface area contributed by atoms with Gasteiger partial charge in [-0.2, -0.15) is 0 Å². The van der Waals surface area contributed by atoms with E-state index in [0.29, 0.717) is 17.0 Å². The third-order valence-corrected chi connectivity index (χ3v) is 13.8. The van der Waals surface area contributed by atoms with Crippen molar-refractivity contribution in [2.75, 3.05) is 0 Å². The standard InChI is InChI=1S/C26H33F5P.Au/c27-22-21(23(28)25(30)26(31)24(22)29)16-17-32(18-10-4-1-5-11-18,19-12-6-2-7-13-19)20-14-8-3-9-15-20;/h18-20H,1-15H2;/q+1;. The Morgan fingerprint density at radius 3 is 1.12 bits per heavy atom. The van der Waals surface area contributed by atoms with E-state index in [1.54, 1.807) is 0 Å². The average molecular weight is 668 g/mol. The molecule has 0 amide bonds. The van der Waals surface area contributed by atoms with Crippen molar-refractivity contribution >= 4 is 7.26 Å². The minimum Gasteiger partial charge on any atom is -0.202 e. The summed E-state index contributed by atoms with van der Waals surface area (Å²) >= 11 is 0. The van der Waals surface area contributed by atoms with Gasteiger partial charge in [0.1, 0.15) is 12.8 Å². The normalized spacial score (nSPS) is 21.2. The summed E-state index contributed by atoms with van der Waals surface area (Å²) in [7, 11) is -2.00. The van der Waals surface area contributed by atoms with Crippen molar-refractivity contribution in [1.82, 2.24) is 0 Å². The third-order valence-electron chi connectivity index (χ3n) is 8.12. The summed E-state index contributed by atoms with van der Waals surface area (Å²) in [6.45, 7) is 0. The zero-order valence-electron chi connectivity index (χ0n) is 19.0. The van der Waals surface area contributed by atoms with Crippen LogP contribution in [0.3, 0.4) is 0 Å². The number of benzene rings is 1. The van der Waals surface area contributed by atoms with E-state index in [0.717, 1.165) is 77.0 Å². The van der Waals surface area contributed by atoms with Crippen molar-refractivity contribution in [1.29, 1.82) is 0 Å². The molecule has 1 aromatic rings. The molecule has 3 saturated carbocycles. The number of hydrogen-bond donors (Lipinski definition) is 0. The SMILES string of the molecule is Fc1c(F)c(F)c(C#C[P+](C2CCCCC2)(C2CCCCC2)C2CCCCC2)c(F)c1F.[Au]. The number of halogens is 5. The van der Waals surface area contributed by atoms with Crippen LogP contribution in [-0.2, 0) is 22.4 Å². The molecule has 3 aliphatic carbocycles. The maximum atomic E-state index is 14.5. The van der Waals surface area contributed by atoms with Crippen LogP contribution >= 0.6 is 7.26 Å². The van der Waals surface area contributed by atoms with Gasteiger partial charge >= 0.3 is 0 Å². The smallest absolute Gasteiger partial charge is 0.200 e. The fourth-order valence-corrected chi connectivity index (χ4v) is 12.9. The number of hydrogen-bond acceptors (Lipinski definition) is 0. The van der Waals surface area contributed by atoms with Crippen molar-refractivity contribution < 1.29 is 44.3 Å². The Hall–Kier alpha value is -0.400. The van der Waals surface area contributed by atoms with Gasteiger partial charge in [0.2, 0.25) is 5.82 Å². The Morgan fingerprint density at radius 2 is 0.788 bits per heavy atom. The predicted octanol–water partition coefficient (Wildman–Crippen LogP) is 8.70. The molecule has 0 atom stereocenters. The average Bonchev–Trinajstić information content (AvgIpc) is 2.85. The van der Waals surface area contributed by atoms with E-state index >= 15 is 0 Å². The molecule has 0 unspecified atom stereocenters. The third kappa shape index (κ3) is 5.40. The molecule has 0 aliphatic heterocycles. The van der Waals surface area contributed by atoms with Gasteiger partial charge in [-0.3, -0.25) is 0 Å². The first-order valence-electron chi connectivity index (χ1n) is 12.4. The molecule has 0 aromatic heterocycles. The van der Waals surface area contributed by atoms with E-state index in [-0.39, 0.29) is 22.4 Å². The van der Waals surface area contributed by atoms with Crippen LogP contribution in [0.15, 0.2) is 0 Å². The molecule has 0 saturated heterocycles. The first-order chi connectivity index (χ1) is 15.5. The summed E-state index contributed by atoms with van der Waals surface area (Å²) in [6.07, 6.45) is 17.0. The van der Waals surface area contributed by atoms with E-state index in [4.69, 9.17) is 0 Å². The molecular formula is C26H33AuF5P+. The molecule has 1 radical (unpaired) electrons. The largest absolute Gasteiger partial charge is 0.202 e. The van der Waals surface area contributed by atoms with Crippen molar-refractivity contribution in [3.05, 3.63) is 34.6 Å². The van der Waals surface area contributed by atoms with Gasteiger partial charge in [-0.05, 0) is 83.0 Å². The summed E-state index contributed by atoms with van der Waals surface area (Å²) in [5.41, 5.74) is 3.83. The molecule has 7 heteroatoms. The van der Waals surface area contributed by atoms with Crippen molar-refractivity contribution in [3.63, 3.8) is 0 Å². The summed E-state index contributed by atoms with van der Waals surface area (Å²) in [5, 5.41) is 0. The summed E-state index contributed by atoms with van der Waals surface area (Å²) in [4.78, 5) is 0.